The summed E-state index contributed by atoms with van der Waals surface area (Å²) in [4.78, 5) is 0. The van der Waals surface area contributed by atoms with Gasteiger partial charge in [0.05, 0.1) is 22.7 Å². The van der Waals surface area contributed by atoms with Gasteiger partial charge < -0.3 is 4.57 Å². The van der Waals surface area contributed by atoms with Crippen molar-refractivity contribution >= 4 is 21.8 Å². The fourth-order valence-electron chi connectivity index (χ4n) is 6.33. The molecule has 0 amide bonds. The van der Waals surface area contributed by atoms with Gasteiger partial charge in [-0.3, -0.25) is 0 Å². The van der Waals surface area contributed by atoms with E-state index in [2.05, 4.69) is 156 Å². The number of aromatic nitrogens is 1. The van der Waals surface area contributed by atoms with Gasteiger partial charge in [-0.25, -0.2) is 0 Å². The normalized spacial score (nSPS) is 11.1. The summed E-state index contributed by atoms with van der Waals surface area (Å²) >= 11 is 0. The molecule has 0 unspecified atom stereocenters. The van der Waals surface area contributed by atoms with Gasteiger partial charge in [-0.15, -0.1) is 0 Å². The molecule has 0 saturated carbocycles. The fraction of sp³-hybridized carbons (Fsp3) is 0. The maximum Gasteiger partial charge on any atom is 0.0991 e. The van der Waals surface area contributed by atoms with Gasteiger partial charge in [0.25, 0.3) is 0 Å². The third-order valence-electron chi connectivity index (χ3n) is 8.67. The fourth-order valence-corrected chi connectivity index (χ4v) is 6.33. The summed E-state index contributed by atoms with van der Waals surface area (Å²) in [5.41, 5.74) is 13.7. The lowest BCUT2D eigenvalue weighted by Crippen LogP contribution is -1.93. The highest BCUT2D eigenvalue weighted by molar-refractivity contribution is 6.10. The molecule has 7 aromatic carbocycles. The molecule has 0 atom stereocenters. The SMILES string of the molecule is N#Cc1ccc(-c2ccc(-n3c4ccccc4c4cc(-c5ccc(-c6cccc(-c7ccccc7)c6)cc5)ccc43)cc2)cc1. The Bertz CT molecular complexity index is 2340. The second-order valence-electron chi connectivity index (χ2n) is 11.3. The first-order valence-corrected chi connectivity index (χ1v) is 15.2. The monoisotopic (exact) mass is 572 g/mol. The van der Waals surface area contributed by atoms with Gasteiger partial charge in [0.2, 0.25) is 0 Å². The van der Waals surface area contributed by atoms with Crippen molar-refractivity contribution in [3.05, 3.63) is 175 Å². The van der Waals surface area contributed by atoms with E-state index in [1.165, 1.54) is 55.2 Å². The van der Waals surface area contributed by atoms with Gasteiger partial charge in [0.1, 0.15) is 0 Å². The van der Waals surface area contributed by atoms with Crippen molar-refractivity contribution in [3.63, 3.8) is 0 Å². The Hall–Kier alpha value is -6.17. The van der Waals surface area contributed by atoms with Crippen molar-refractivity contribution in [1.29, 1.82) is 5.26 Å². The molecule has 0 radical (unpaired) electrons. The highest BCUT2D eigenvalue weighted by Crippen LogP contribution is 2.36. The highest BCUT2D eigenvalue weighted by Gasteiger charge is 2.13. The first kappa shape index (κ1) is 26.5. The average Bonchev–Trinajstić information content (AvgIpc) is 3.46. The minimum atomic E-state index is 0.671. The van der Waals surface area contributed by atoms with Crippen LogP contribution in [0.4, 0.5) is 0 Å². The van der Waals surface area contributed by atoms with Crippen LogP contribution in [0, 0.1) is 11.3 Å². The van der Waals surface area contributed by atoms with Crippen molar-refractivity contribution in [2.24, 2.45) is 0 Å². The summed E-state index contributed by atoms with van der Waals surface area (Å²) in [6.45, 7) is 0. The van der Waals surface area contributed by atoms with Gasteiger partial charge >= 0.3 is 0 Å². The Labute approximate surface area is 262 Å². The molecular formula is C43H28N2. The Morgan fingerprint density at radius 1 is 0.356 bits per heavy atom. The summed E-state index contributed by atoms with van der Waals surface area (Å²) in [6.07, 6.45) is 0. The molecule has 2 nitrogen and oxygen atoms in total. The van der Waals surface area contributed by atoms with E-state index in [0.717, 1.165) is 16.8 Å². The average molecular weight is 573 g/mol. The molecule has 0 spiro atoms. The number of para-hydroxylation sites is 1. The van der Waals surface area contributed by atoms with E-state index in [1.54, 1.807) is 0 Å². The minimum absolute atomic E-state index is 0.671. The van der Waals surface area contributed by atoms with Gasteiger partial charge in [0.15, 0.2) is 0 Å². The van der Waals surface area contributed by atoms with Crippen molar-refractivity contribution in [1.82, 2.24) is 4.57 Å². The summed E-state index contributed by atoms with van der Waals surface area (Å²) in [5, 5.41) is 11.6. The Kier molecular flexibility index (Phi) is 6.56. The molecule has 8 rings (SSSR count). The highest BCUT2D eigenvalue weighted by atomic mass is 15.0. The lowest BCUT2D eigenvalue weighted by Gasteiger charge is -2.10. The summed E-state index contributed by atoms with van der Waals surface area (Å²) in [7, 11) is 0. The van der Waals surface area contributed by atoms with Crippen LogP contribution >= 0.6 is 0 Å². The molecule has 1 heterocycles. The molecule has 0 aliphatic heterocycles. The molecule has 0 saturated heterocycles. The van der Waals surface area contributed by atoms with Gasteiger partial charge in [-0.05, 0) is 93.0 Å². The van der Waals surface area contributed by atoms with Crippen LogP contribution in [0.25, 0.3) is 72.0 Å². The van der Waals surface area contributed by atoms with Crippen LogP contribution < -0.4 is 0 Å². The number of benzene rings is 7. The minimum Gasteiger partial charge on any atom is -0.309 e. The smallest absolute Gasteiger partial charge is 0.0991 e. The molecule has 0 N–H and O–H groups in total. The van der Waals surface area contributed by atoms with Crippen LogP contribution in [-0.4, -0.2) is 4.57 Å². The van der Waals surface area contributed by atoms with Crippen LogP contribution in [-0.2, 0) is 0 Å². The van der Waals surface area contributed by atoms with Gasteiger partial charge in [0, 0.05) is 16.5 Å². The summed E-state index contributed by atoms with van der Waals surface area (Å²) in [6, 6.07) is 62.2. The first-order chi connectivity index (χ1) is 22.2. The van der Waals surface area contributed by atoms with Gasteiger partial charge in [-0.1, -0.05) is 121 Å². The molecule has 0 bridgehead atoms. The zero-order valence-electron chi connectivity index (χ0n) is 24.6. The maximum atomic E-state index is 9.14. The van der Waals surface area contributed by atoms with Crippen molar-refractivity contribution in [2.45, 2.75) is 0 Å². The van der Waals surface area contributed by atoms with Crippen LogP contribution in [0.5, 0.6) is 0 Å². The van der Waals surface area contributed by atoms with E-state index in [4.69, 9.17) is 5.26 Å². The quantitative estimate of drug-likeness (QED) is 0.202. The van der Waals surface area contributed by atoms with Crippen LogP contribution in [0.3, 0.4) is 0 Å². The molecule has 0 aliphatic carbocycles. The van der Waals surface area contributed by atoms with Crippen molar-refractivity contribution in [2.75, 3.05) is 0 Å². The molecule has 0 fully saturated rings. The number of nitrogens with zero attached hydrogens (tertiary/aromatic N) is 2. The largest absolute Gasteiger partial charge is 0.309 e. The standard InChI is InChI=1S/C43H28N2/c44-29-30-13-15-32(16-14-30)33-21-24-39(25-22-33)45-42-12-5-4-11-40(42)41-28-38(23-26-43(41)45)35-19-17-34(18-20-35)37-10-6-9-36(27-37)31-7-2-1-3-8-31/h1-28H. The Morgan fingerprint density at radius 3 is 1.49 bits per heavy atom. The van der Waals surface area contributed by atoms with E-state index < -0.39 is 0 Å². The summed E-state index contributed by atoms with van der Waals surface area (Å²) in [5.74, 6) is 0. The second-order valence-corrected chi connectivity index (χ2v) is 11.3. The Balaban J connectivity index is 1.14. The number of rotatable bonds is 5. The second kappa shape index (κ2) is 11.2. The van der Waals surface area contributed by atoms with E-state index in [0.29, 0.717) is 5.56 Å². The first-order valence-electron chi connectivity index (χ1n) is 15.2. The van der Waals surface area contributed by atoms with Gasteiger partial charge in [-0.2, -0.15) is 5.26 Å². The number of nitriles is 1. The molecule has 45 heavy (non-hydrogen) atoms. The zero-order chi connectivity index (χ0) is 30.2. The van der Waals surface area contributed by atoms with E-state index in [-0.39, 0.29) is 0 Å². The topological polar surface area (TPSA) is 28.7 Å². The summed E-state index contributed by atoms with van der Waals surface area (Å²) < 4.78 is 2.35. The third-order valence-corrected chi connectivity index (χ3v) is 8.67. The lowest BCUT2D eigenvalue weighted by atomic mass is 9.96. The predicted molar refractivity (Wildman–Crippen MR) is 187 cm³/mol. The predicted octanol–water partition coefficient (Wildman–Crippen LogP) is 11.3. The number of hydrogen-bond acceptors (Lipinski definition) is 1. The molecule has 0 aliphatic rings. The number of hydrogen-bond donors (Lipinski definition) is 0. The Morgan fingerprint density at radius 2 is 0.822 bits per heavy atom. The third kappa shape index (κ3) is 4.87. The van der Waals surface area contributed by atoms with Crippen LogP contribution in [0.2, 0.25) is 0 Å². The van der Waals surface area contributed by atoms with E-state index in [1.807, 2.05) is 24.3 Å². The molecule has 8 aromatic rings. The van der Waals surface area contributed by atoms with Crippen LogP contribution in [0.1, 0.15) is 5.56 Å². The number of fused-ring (bicyclic) bond motifs is 3. The molecule has 2 heteroatoms. The zero-order valence-corrected chi connectivity index (χ0v) is 24.6. The van der Waals surface area contributed by atoms with E-state index in [9.17, 15) is 0 Å². The molecule has 1 aromatic heterocycles. The molecule has 210 valence electrons. The van der Waals surface area contributed by atoms with Crippen molar-refractivity contribution < 1.29 is 0 Å². The maximum absolute atomic E-state index is 9.14. The van der Waals surface area contributed by atoms with Crippen molar-refractivity contribution in [3.8, 4) is 56.3 Å². The van der Waals surface area contributed by atoms with Crippen LogP contribution in [0.15, 0.2) is 170 Å². The van der Waals surface area contributed by atoms with E-state index >= 15 is 0 Å². The molecular weight excluding hydrogens is 544 g/mol. The lowest BCUT2D eigenvalue weighted by molar-refractivity contribution is 1.18.